The monoisotopic (exact) mass is 332 g/mol. The molecule has 0 spiro atoms. The molecule has 130 valence electrons. The van der Waals surface area contributed by atoms with Crippen LogP contribution in [0.15, 0.2) is 18.2 Å². The Kier molecular flexibility index (Phi) is 5.36. The van der Waals surface area contributed by atoms with Gasteiger partial charge in [0.1, 0.15) is 5.82 Å². The largest absolute Gasteiger partial charge is 0.416 e. The van der Waals surface area contributed by atoms with E-state index in [1.54, 1.807) is 0 Å². The number of likely N-dealkylation sites (N-methyl/N-ethyl adjacent to an activating group) is 1. The van der Waals surface area contributed by atoms with Gasteiger partial charge in [-0.3, -0.25) is 4.90 Å². The highest BCUT2D eigenvalue weighted by molar-refractivity contribution is 5.26. The highest BCUT2D eigenvalue weighted by atomic mass is 19.4. The quantitative estimate of drug-likeness (QED) is 0.773. The van der Waals surface area contributed by atoms with Crippen molar-refractivity contribution in [1.29, 1.82) is 0 Å². The van der Waals surface area contributed by atoms with E-state index >= 15 is 0 Å². The molecule has 0 N–H and O–H groups in total. The molecule has 23 heavy (non-hydrogen) atoms. The Morgan fingerprint density at radius 1 is 1.22 bits per heavy atom. The number of hydrogen-bond acceptors (Lipinski definition) is 2. The molecule has 0 bridgehead atoms. The minimum Gasteiger partial charge on any atom is -0.305 e. The molecule has 0 saturated carbocycles. The molecular formula is C17H24F4N2. The lowest BCUT2D eigenvalue weighted by Crippen LogP contribution is -2.37. The minimum absolute atomic E-state index is 0.319. The van der Waals surface area contributed by atoms with Crippen LogP contribution in [0, 0.1) is 17.7 Å². The molecule has 1 aromatic rings. The lowest BCUT2D eigenvalue weighted by atomic mass is 9.91. The zero-order chi connectivity index (χ0) is 17.4. The number of alkyl halides is 3. The van der Waals surface area contributed by atoms with Gasteiger partial charge in [-0.1, -0.05) is 19.9 Å². The fraction of sp³-hybridized carbons (Fsp3) is 0.647. The molecule has 1 aliphatic rings. The summed E-state index contributed by atoms with van der Waals surface area (Å²) in [6, 6.07) is 3.19. The van der Waals surface area contributed by atoms with Crippen LogP contribution in [0.25, 0.3) is 0 Å². The van der Waals surface area contributed by atoms with Crippen LogP contribution in [-0.2, 0) is 12.7 Å². The van der Waals surface area contributed by atoms with Crippen molar-refractivity contribution in [2.75, 3.05) is 27.2 Å². The highest BCUT2D eigenvalue weighted by Crippen LogP contribution is 2.32. The van der Waals surface area contributed by atoms with Crippen LogP contribution in [0.4, 0.5) is 17.6 Å². The Morgan fingerprint density at radius 3 is 2.30 bits per heavy atom. The summed E-state index contributed by atoms with van der Waals surface area (Å²) in [5.74, 6) is 0.196. The van der Waals surface area contributed by atoms with Crippen molar-refractivity contribution in [3.8, 4) is 0 Å². The molecule has 0 amide bonds. The maximum absolute atomic E-state index is 14.0. The summed E-state index contributed by atoms with van der Waals surface area (Å²) in [5.41, 5.74) is -0.619. The lowest BCUT2D eigenvalue weighted by molar-refractivity contribution is -0.137. The van der Waals surface area contributed by atoms with Crippen LogP contribution in [0.5, 0.6) is 0 Å². The first-order valence-electron chi connectivity index (χ1n) is 7.84. The fourth-order valence-electron chi connectivity index (χ4n) is 3.32. The van der Waals surface area contributed by atoms with Crippen molar-refractivity contribution in [2.45, 2.75) is 32.6 Å². The smallest absolute Gasteiger partial charge is 0.305 e. The number of hydrogen-bond donors (Lipinski definition) is 0. The van der Waals surface area contributed by atoms with Gasteiger partial charge in [0, 0.05) is 31.2 Å². The van der Waals surface area contributed by atoms with Gasteiger partial charge >= 0.3 is 6.18 Å². The third kappa shape index (κ3) is 4.23. The van der Waals surface area contributed by atoms with E-state index < -0.39 is 17.6 Å². The first-order chi connectivity index (χ1) is 10.6. The molecule has 1 saturated heterocycles. The predicted octanol–water partition coefficient (Wildman–Crippen LogP) is 3.86. The zero-order valence-corrected chi connectivity index (χ0v) is 14.0. The van der Waals surface area contributed by atoms with E-state index in [1.807, 2.05) is 14.1 Å². The van der Waals surface area contributed by atoms with Gasteiger partial charge in [-0.2, -0.15) is 13.2 Å². The summed E-state index contributed by atoms with van der Waals surface area (Å²) in [5, 5.41) is 0. The van der Waals surface area contributed by atoms with E-state index in [-0.39, 0.29) is 0 Å². The van der Waals surface area contributed by atoms with Gasteiger partial charge in [0.25, 0.3) is 0 Å². The van der Waals surface area contributed by atoms with E-state index in [4.69, 9.17) is 0 Å². The summed E-state index contributed by atoms with van der Waals surface area (Å²) in [7, 11) is 4.06. The maximum Gasteiger partial charge on any atom is 0.416 e. The van der Waals surface area contributed by atoms with E-state index in [0.29, 0.717) is 36.1 Å². The second kappa shape index (κ2) is 6.77. The van der Waals surface area contributed by atoms with Gasteiger partial charge < -0.3 is 4.90 Å². The molecule has 2 atom stereocenters. The van der Waals surface area contributed by atoms with Crippen molar-refractivity contribution in [3.63, 3.8) is 0 Å². The lowest BCUT2D eigenvalue weighted by Gasteiger charge is -2.27. The molecule has 1 fully saturated rings. The van der Waals surface area contributed by atoms with Gasteiger partial charge in [0.15, 0.2) is 0 Å². The molecular weight excluding hydrogens is 308 g/mol. The van der Waals surface area contributed by atoms with Crippen LogP contribution in [0.3, 0.4) is 0 Å². The van der Waals surface area contributed by atoms with Crippen molar-refractivity contribution >= 4 is 0 Å². The first kappa shape index (κ1) is 18.2. The average Bonchev–Trinajstić information content (AvgIpc) is 2.84. The second-order valence-electron chi connectivity index (χ2n) is 6.94. The predicted molar refractivity (Wildman–Crippen MR) is 82.5 cm³/mol. The third-order valence-electron chi connectivity index (χ3n) is 4.70. The van der Waals surface area contributed by atoms with Crippen LogP contribution < -0.4 is 0 Å². The molecule has 2 rings (SSSR count). The van der Waals surface area contributed by atoms with Crippen molar-refractivity contribution in [1.82, 2.24) is 9.80 Å². The van der Waals surface area contributed by atoms with Crippen LogP contribution in [0.2, 0.25) is 0 Å². The standard InChI is InChI=1S/C17H24F4N2/c1-11(2)14-9-23(10-16(14)22(3)4)8-12-5-6-13(7-15(12)18)17(19,20)21/h5-7,11,14,16H,8-10H2,1-4H3/t14-,16+/m0/s1. The molecule has 0 radical (unpaired) electrons. The number of rotatable bonds is 4. The SMILES string of the molecule is CC(C)[C@@H]1CN(Cc2ccc(C(F)(F)F)cc2F)C[C@H]1N(C)C. The van der Waals surface area contributed by atoms with Crippen LogP contribution >= 0.6 is 0 Å². The summed E-state index contributed by atoms with van der Waals surface area (Å²) in [4.78, 5) is 4.30. The van der Waals surface area contributed by atoms with E-state index in [2.05, 4.69) is 23.6 Å². The highest BCUT2D eigenvalue weighted by Gasteiger charge is 2.36. The zero-order valence-electron chi connectivity index (χ0n) is 14.0. The molecule has 0 aliphatic carbocycles. The Labute approximate surface area is 135 Å². The number of likely N-dealkylation sites (tertiary alicyclic amines) is 1. The molecule has 6 heteroatoms. The Hall–Kier alpha value is -1.14. The van der Waals surface area contributed by atoms with Gasteiger partial charge in [0.2, 0.25) is 0 Å². The number of nitrogens with zero attached hydrogens (tertiary/aromatic N) is 2. The Balaban J connectivity index is 2.11. The van der Waals surface area contributed by atoms with Crippen molar-refractivity contribution < 1.29 is 17.6 Å². The van der Waals surface area contributed by atoms with Gasteiger partial charge in [-0.25, -0.2) is 4.39 Å². The second-order valence-corrected chi connectivity index (χ2v) is 6.94. The van der Waals surface area contributed by atoms with Crippen LogP contribution in [-0.4, -0.2) is 43.0 Å². The Morgan fingerprint density at radius 2 is 1.87 bits per heavy atom. The van der Waals surface area contributed by atoms with Crippen molar-refractivity contribution in [3.05, 3.63) is 35.1 Å². The number of benzene rings is 1. The van der Waals surface area contributed by atoms with Gasteiger partial charge in [-0.15, -0.1) is 0 Å². The summed E-state index contributed by atoms with van der Waals surface area (Å²) >= 11 is 0. The third-order valence-corrected chi connectivity index (χ3v) is 4.70. The molecule has 0 aromatic heterocycles. The maximum atomic E-state index is 14.0. The summed E-state index contributed by atoms with van der Waals surface area (Å²) in [6.45, 7) is 6.32. The topological polar surface area (TPSA) is 6.48 Å². The average molecular weight is 332 g/mol. The van der Waals surface area contributed by atoms with Crippen LogP contribution in [0.1, 0.15) is 25.0 Å². The molecule has 1 aliphatic heterocycles. The van der Waals surface area contributed by atoms with Gasteiger partial charge in [0.05, 0.1) is 5.56 Å². The van der Waals surface area contributed by atoms with Crippen molar-refractivity contribution in [2.24, 2.45) is 11.8 Å². The summed E-state index contributed by atoms with van der Waals surface area (Å²) in [6.07, 6.45) is -4.51. The molecule has 2 nitrogen and oxygen atoms in total. The Bertz CT molecular complexity index is 524. The van der Waals surface area contributed by atoms with E-state index in [9.17, 15) is 17.6 Å². The molecule has 1 heterocycles. The summed E-state index contributed by atoms with van der Waals surface area (Å²) < 4.78 is 51.8. The molecule has 0 unspecified atom stereocenters. The first-order valence-corrected chi connectivity index (χ1v) is 7.84. The van der Waals surface area contributed by atoms with Gasteiger partial charge in [-0.05, 0) is 38.1 Å². The normalized spacial score (nSPS) is 23.2. The van der Waals surface area contributed by atoms with E-state index in [1.165, 1.54) is 6.07 Å². The number of halogens is 4. The van der Waals surface area contributed by atoms with E-state index in [0.717, 1.165) is 19.2 Å². The fourth-order valence-corrected chi connectivity index (χ4v) is 3.32. The molecule has 1 aromatic carbocycles. The minimum atomic E-state index is -4.51.